The van der Waals surface area contributed by atoms with E-state index in [1.54, 1.807) is 18.2 Å². The Morgan fingerprint density at radius 1 is 1.35 bits per heavy atom. The van der Waals surface area contributed by atoms with Gasteiger partial charge in [-0.05, 0) is 40.0 Å². The minimum atomic E-state index is -0.424. The predicted octanol–water partition coefficient (Wildman–Crippen LogP) is 2.39. The molecule has 0 aliphatic heterocycles. The van der Waals surface area contributed by atoms with Gasteiger partial charge in [-0.3, -0.25) is 4.79 Å². The molecule has 0 bridgehead atoms. The maximum atomic E-state index is 11.5. The molecule has 1 N–H and O–H groups in total. The molecule has 0 saturated carbocycles. The average Bonchev–Trinajstić information content (AvgIpc) is 2.42. The normalized spacial score (nSPS) is 10.2. The van der Waals surface area contributed by atoms with Crippen LogP contribution in [0.5, 0.6) is 5.75 Å². The SMILES string of the molecule is COC(=O)c1ccc(OCC(=O)NCC(C)C)c(Br)c1. The van der Waals surface area contributed by atoms with Crippen LogP contribution in [0, 0.1) is 5.92 Å². The molecule has 5 nitrogen and oxygen atoms in total. The van der Waals surface area contributed by atoms with Gasteiger partial charge in [0.2, 0.25) is 0 Å². The third kappa shape index (κ3) is 5.21. The van der Waals surface area contributed by atoms with Gasteiger partial charge >= 0.3 is 5.97 Å². The van der Waals surface area contributed by atoms with Gasteiger partial charge < -0.3 is 14.8 Å². The number of methoxy groups -OCH3 is 1. The van der Waals surface area contributed by atoms with Crippen LogP contribution in [0.2, 0.25) is 0 Å². The Hall–Kier alpha value is -1.56. The predicted molar refractivity (Wildman–Crippen MR) is 78.8 cm³/mol. The van der Waals surface area contributed by atoms with Crippen molar-refractivity contribution < 1.29 is 19.1 Å². The fourth-order valence-corrected chi connectivity index (χ4v) is 1.87. The number of carbonyl (C=O) groups is 2. The van der Waals surface area contributed by atoms with Gasteiger partial charge in [0.1, 0.15) is 5.75 Å². The molecule has 1 rings (SSSR count). The van der Waals surface area contributed by atoms with Crippen molar-refractivity contribution in [2.24, 2.45) is 5.92 Å². The van der Waals surface area contributed by atoms with Crippen LogP contribution in [0.25, 0.3) is 0 Å². The highest BCUT2D eigenvalue weighted by Gasteiger charge is 2.10. The largest absolute Gasteiger partial charge is 0.483 e. The summed E-state index contributed by atoms with van der Waals surface area (Å²) in [6, 6.07) is 4.79. The number of hydrogen-bond donors (Lipinski definition) is 1. The second-order valence-corrected chi connectivity index (χ2v) is 5.48. The van der Waals surface area contributed by atoms with E-state index in [1.807, 2.05) is 13.8 Å². The molecular formula is C14H18BrNO4. The number of carbonyl (C=O) groups excluding carboxylic acids is 2. The molecular weight excluding hydrogens is 326 g/mol. The van der Waals surface area contributed by atoms with Crippen molar-refractivity contribution in [1.82, 2.24) is 5.32 Å². The summed E-state index contributed by atoms with van der Waals surface area (Å²) in [6.45, 7) is 4.58. The van der Waals surface area contributed by atoms with Crippen molar-refractivity contribution in [1.29, 1.82) is 0 Å². The first-order valence-electron chi connectivity index (χ1n) is 6.21. The zero-order chi connectivity index (χ0) is 15.1. The molecule has 0 atom stereocenters. The molecule has 20 heavy (non-hydrogen) atoms. The number of rotatable bonds is 6. The molecule has 1 aromatic carbocycles. The van der Waals surface area contributed by atoms with E-state index in [-0.39, 0.29) is 12.5 Å². The van der Waals surface area contributed by atoms with E-state index in [0.717, 1.165) is 0 Å². The number of halogens is 1. The summed E-state index contributed by atoms with van der Waals surface area (Å²) in [5, 5.41) is 2.76. The summed E-state index contributed by atoms with van der Waals surface area (Å²) < 4.78 is 10.6. The Morgan fingerprint density at radius 2 is 2.05 bits per heavy atom. The topological polar surface area (TPSA) is 64.6 Å². The molecule has 1 aromatic rings. The highest BCUT2D eigenvalue weighted by atomic mass is 79.9. The highest BCUT2D eigenvalue weighted by molar-refractivity contribution is 9.10. The molecule has 0 aliphatic carbocycles. The van der Waals surface area contributed by atoms with E-state index in [4.69, 9.17) is 4.74 Å². The van der Waals surface area contributed by atoms with Gasteiger partial charge in [0, 0.05) is 6.54 Å². The van der Waals surface area contributed by atoms with Crippen LogP contribution in [0.3, 0.4) is 0 Å². The van der Waals surface area contributed by atoms with E-state index < -0.39 is 5.97 Å². The highest BCUT2D eigenvalue weighted by Crippen LogP contribution is 2.26. The molecule has 0 aliphatic rings. The van der Waals surface area contributed by atoms with E-state index >= 15 is 0 Å². The first kappa shape index (κ1) is 16.5. The minimum absolute atomic E-state index is 0.0666. The van der Waals surface area contributed by atoms with Gasteiger partial charge in [-0.2, -0.15) is 0 Å². The molecule has 0 unspecified atom stereocenters. The Bertz CT molecular complexity index is 488. The smallest absolute Gasteiger partial charge is 0.337 e. The van der Waals surface area contributed by atoms with E-state index in [0.29, 0.717) is 28.2 Å². The maximum Gasteiger partial charge on any atom is 0.337 e. The lowest BCUT2D eigenvalue weighted by atomic mass is 10.2. The van der Waals surface area contributed by atoms with Crippen LogP contribution in [0.1, 0.15) is 24.2 Å². The third-order valence-corrected chi connectivity index (χ3v) is 3.04. The number of ether oxygens (including phenoxy) is 2. The second kappa shape index (κ2) is 7.89. The standard InChI is InChI=1S/C14H18BrNO4/c1-9(2)7-16-13(17)8-20-12-5-4-10(6-11(12)15)14(18)19-3/h4-6,9H,7-8H2,1-3H3,(H,16,17). The molecule has 6 heteroatoms. The minimum Gasteiger partial charge on any atom is -0.483 e. The Labute approximate surface area is 126 Å². The summed E-state index contributed by atoms with van der Waals surface area (Å²) >= 11 is 3.29. The van der Waals surface area contributed by atoms with Crippen LogP contribution in [-0.2, 0) is 9.53 Å². The number of amides is 1. The summed E-state index contributed by atoms with van der Waals surface area (Å²) in [4.78, 5) is 22.9. The van der Waals surface area contributed by atoms with Gasteiger partial charge in [0.25, 0.3) is 5.91 Å². The fraction of sp³-hybridized carbons (Fsp3) is 0.429. The van der Waals surface area contributed by atoms with Crippen LogP contribution in [-0.4, -0.2) is 32.1 Å². The van der Waals surface area contributed by atoms with Gasteiger partial charge in [-0.25, -0.2) is 4.79 Å². The quantitative estimate of drug-likeness (QED) is 0.805. The summed E-state index contributed by atoms with van der Waals surface area (Å²) in [7, 11) is 1.32. The van der Waals surface area contributed by atoms with Crippen molar-refractivity contribution in [3.8, 4) is 5.75 Å². The number of hydrogen-bond acceptors (Lipinski definition) is 4. The molecule has 0 heterocycles. The van der Waals surface area contributed by atoms with Gasteiger partial charge in [-0.15, -0.1) is 0 Å². The Balaban J connectivity index is 2.56. The Morgan fingerprint density at radius 3 is 2.60 bits per heavy atom. The van der Waals surface area contributed by atoms with Crippen LogP contribution in [0.4, 0.5) is 0 Å². The van der Waals surface area contributed by atoms with Gasteiger partial charge in [0.15, 0.2) is 6.61 Å². The average molecular weight is 344 g/mol. The van der Waals surface area contributed by atoms with E-state index in [1.165, 1.54) is 7.11 Å². The van der Waals surface area contributed by atoms with Crippen molar-refractivity contribution in [2.75, 3.05) is 20.3 Å². The van der Waals surface area contributed by atoms with Crippen molar-refractivity contribution in [3.05, 3.63) is 28.2 Å². The Kier molecular flexibility index (Phi) is 6.51. The van der Waals surface area contributed by atoms with Crippen molar-refractivity contribution in [2.45, 2.75) is 13.8 Å². The van der Waals surface area contributed by atoms with Crippen LogP contribution >= 0.6 is 15.9 Å². The van der Waals surface area contributed by atoms with Gasteiger partial charge in [0.05, 0.1) is 17.1 Å². The number of esters is 1. The molecule has 1 amide bonds. The molecule has 110 valence electrons. The van der Waals surface area contributed by atoms with Gasteiger partial charge in [-0.1, -0.05) is 13.8 Å². The maximum absolute atomic E-state index is 11.5. The van der Waals surface area contributed by atoms with E-state index in [2.05, 4.69) is 26.0 Å². The molecule has 0 saturated heterocycles. The zero-order valence-electron chi connectivity index (χ0n) is 11.7. The lowest BCUT2D eigenvalue weighted by molar-refractivity contribution is -0.123. The summed E-state index contributed by atoms with van der Waals surface area (Å²) in [5.41, 5.74) is 0.413. The van der Waals surface area contributed by atoms with Crippen LogP contribution in [0.15, 0.2) is 22.7 Å². The third-order valence-electron chi connectivity index (χ3n) is 2.42. The van der Waals surface area contributed by atoms with E-state index in [9.17, 15) is 9.59 Å². The van der Waals surface area contributed by atoms with Crippen LogP contribution < -0.4 is 10.1 Å². The monoisotopic (exact) mass is 343 g/mol. The number of benzene rings is 1. The summed E-state index contributed by atoms with van der Waals surface area (Å²) in [6.07, 6.45) is 0. The van der Waals surface area contributed by atoms with Crippen molar-refractivity contribution in [3.63, 3.8) is 0 Å². The summed E-state index contributed by atoms with van der Waals surface area (Å²) in [5.74, 6) is 0.289. The van der Waals surface area contributed by atoms with Crippen molar-refractivity contribution >= 4 is 27.8 Å². The molecule has 0 fully saturated rings. The number of nitrogens with one attached hydrogen (secondary N) is 1. The first-order chi connectivity index (χ1) is 9.43. The first-order valence-corrected chi connectivity index (χ1v) is 7.00. The lowest BCUT2D eigenvalue weighted by Crippen LogP contribution is -2.31. The zero-order valence-corrected chi connectivity index (χ0v) is 13.3. The molecule has 0 radical (unpaired) electrons. The second-order valence-electron chi connectivity index (χ2n) is 4.62. The fourth-order valence-electron chi connectivity index (χ4n) is 1.38. The molecule has 0 spiro atoms. The lowest BCUT2D eigenvalue weighted by Gasteiger charge is -2.10. The molecule has 0 aromatic heterocycles.